The largest absolute Gasteiger partial charge is 0.247 e. The van der Waals surface area contributed by atoms with Gasteiger partial charge in [-0.3, -0.25) is 0 Å². The fraction of sp³-hybridized carbons (Fsp3) is 0.143. The molecule has 2 aromatic heterocycles. The van der Waals surface area contributed by atoms with E-state index in [0.29, 0.717) is 11.0 Å². The van der Waals surface area contributed by atoms with Gasteiger partial charge in [0, 0.05) is 17.7 Å². The molecule has 2 aromatic rings. The highest BCUT2D eigenvalue weighted by Crippen LogP contribution is 2.18. The van der Waals surface area contributed by atoms with Gasteiger partial charge in [0.15, 0.2) is 5.65 Å². The molecule has 0 radical (unpaired) electrons. The highest BCUT2D eigenvalue weighted by molar-refractivity contribution is 9.10. The summed E-state index contributed by atoms with van der Waals surface area (Å²) in [6.07, 6.45) is 1.61. The summed E-state index contributed by atoms with van der Waals surface area (Å²) in [4.78, 5) is 4.01. The molecule has 0 spiro atoms. The van der Waals surface area contributed by atoms with Crippen LogP contribution in [0.1, 0.15) is 0 Å². The number of rotatable bonds is 0. The van der Waals surface area contributed by atoms with Gasteiger partial charge >= 0.3 is 0 Å². The van der Waals surface area contributed by atoms with Gasteiger partial charge in [0.25, 0.3) is 0 Å². The maximum Gasteiger partial charge on any atom is 0.242 e. The van der Waals surface area contributed by atoms with Gasteiger partial charge in [0.2, 0.25) is 5.95 Å². The number of pyridine rings is 1. The van der Waals surface area contributed by atoms with E-state index in [2.05, 4.69) is 26.0 Å². The molecule has 5 heteroatoms. The van der Waals surface area contributed by atoms with Crippen molar-refractivity contribution in [3.63, 3.8) is 0 Å². The third-order valence-corrected chi connectivity index (χ3v) is 2.03. The maximum atomic E-state index is 13.0. The van der Waals surface area contributed by atoms with E-state index < -0.39 is 5.95 Å². The molecule has 62 valence electrons. The number of hydrogen-bond donors (Lipinski definition) is 0. The Morgan fingerprint density at radius 3 is 3.08 bits per heavy atom. The summed E-state index contributed by atoms with van der Waals surface area (Å²) in [5, 5.41) is 4.03. The monoisotopic (exact) mass is 229 g/mol. The molecule has 0 amide bonds. The molecule has 0 aromatic carbocycles. The van der Waals surface area contributed by atoms with Crippen LogP contribution in [0.25, 0.3) is 11.0 Å². The van der Waals surface area contributed by atoms with Crippen LogP contribution >= 0.6 is 15.9 Å². The Morgan fingerprint density at radius 1 is 1.58 bits per heavy atom. The second-order valence-corrected chi connectivity index (χ2v) is 3.35. The van der Waals surface area contributed by atoms with Crippen molar-refractivity contribution in [3.8, 4) is 0 Å². The molecule has 12 heavy (non-hydrogen) atoms. The van der Waals surface area contributed by atoms with Crippen molar-refractivity contribution in [2.45, 2.75) is 0 Å². The van der Waals surface area contributed by atoms with Gasteiger partial charge in [-0.15, -0.1) is 5.10 Å². The van der Waals surface area contributed by atoms with E-state index in [1.54, 1.807) is 19.3 Å². The van der Waals surface area contributed by atoms with Crippen molar-refractivity contribution >= 4 is 27.0 Å². The summed E-state index contributed by atoms with van der Waals surface area (Å²) in [5.41, 5.74) is 0.552. The van der Waals surface area contributed by atoms with Crippen molar-refractivity contribution < 1.29 is 4.39 Å². The van der Waals surface area contributed by atoms with Gasteiger partial charge in [-0.2, -0.15) is 4.39 Å². The van der Waals surface area contributed by atoms with Crippen LogP contribution in [-0.4, -0.2) is 14.8 Å². The lowest BCUT2D eigenvalue weighted by Gasteiger charge is -1.91. The molecule has 0 N–H and O–H groups in total. The lowest BCUT2D eigenvalue weighted by atomic mass is 10.3. The topological polar surface area (TPSA) is 30.7 Å². The van der Waals surface area contributed by atoms with Crippen LogP contribution in [0.15, 0.2) is 16.7 Å². The van der Waals surface area contributed by atoms with Crippen molar-refractivity contribution in [2.75, 3.05) is 0 Å². The molecular weight excluding hydrogens is 225 g/mol. The lowest BCUT2D eigenvalue weighted by Crippen LogP contribution is -1.91. The first-order chi connectivity index (χ1) is 5.68. The number of aryl methyl sites for hydroxylation is 1. The summed E-state index contributed by atoms with van der Waals surface area (Å²) >= 11 is 3.21. The third-order valence-electron chi connectivity index (χ3n) is 1.60. The number of hydrogen-bond acceptors (Lipinski definition) is 2. The summed E-state index contributed by atoms with van der Waals surface area (Å²) < 4.78 is 15.2. The maximum absolute atomic E-state index is 13.0. The van der Waals surface area contributed by atoms with E-state index in [0.717, 1.165) is 4.47 Å². The van der Waals surface area contributed by atoms with E-state index in [1.165, 1.54) is 4.68 Å². The predicted molar refractivity (Wildman–Crippen MR) is 46.2 cm³/mol. The highest BCUT2D eigenvalue weighted by Gasteiger charge is 2.08. The Bertz CT molecular complexity index is 437. The SMILES string of the molecule is Cn1nc(F)c2cc(Br)cnc21. The Balaban J connectivity index is 2.90. The zero-order valence-electron chi connectivity index (χ0n) is 6.25. The Kier molecular flexibility index (Phi) is 1.61. The normalized spacial score (nSPS) is 10.9. The molecule has 0 aliphatic rings. The standard InChI is InChI=1S/C7H5BrFN3/c1-12-7-5(6(9)11-12)2-4(8)3-10-7/h2-3H,1H3. The summed E-state index contributed by atoms with van der Waals surface area (Å²) in [6, 6.07) is 1.66. The van der Waals surface area contributed by atoms with Gasteiger partial charge in [0.1, 0.15) is 0 Å². The van der Waals surface area contributed by atoms with E-state index in [4.69, 9.17) is 0 Å². The highest BCUT2D eigenvalue weighted by atomic mass is 79.9. The van der Waals surface area contributed by atoms with Crippen LogP contribution in [0.3, 0.4) is 0 Å². The van der Waals surface area contributed by atoms with Gasteiger partial charge in [-0.1, -0.05) is 0 Å². The number of aromatic nitrogens is 3. The Hall–Kier alpha value is -0.970. The van der Waals surface area contributed by atoms with Gasteiger partial charge in [-0.05, 0) is 22.0 Å². The quantitative estimate of drug-likeness (QED) is 0.691. The second kappa shape index (κ2) is 2.52. The van der Waals surface area contributed by atoms with Crippen LogP contribution in [0.5, 0.6) is 0 Å². The molecule has 0 atom stereocenters. The van der Waals surface area contributed by atoms with E-state index in [-0.39, 0.29) is 0 Å². The molecule has 0 saturated carbocycles. The summed E-state index contributed by atoms with van der Waals surface area (Å²) in [6.45, 7) is 0. The first-order valence-corrected chi connectivity index (χ1v) is 4.11. The zero-order valence-corrected chi connectivity index (χ0v) is 7.84. The number of nitrogens with zero attached hydrogens (tertiary/aromatic N) is 3. The van der Waals surface area contributed by atoms with Crippen molar-refractivity contribution in [1.82, 2.24) is 14.8 Å². The van der Waals surface area contributed by atoms with Crippen molar-refractivity contribution in [3.05, 3.63) is 22.7 Å². The average Bonchev–Trinajstić information content (AvgIpc) is 2.28. The summed E-state index contributed by atoms with van der Waals surface area (Å²) in [7, 11) is 1.66. The minimum absolute atomic E-state index is 0.437. The van der Waals surface area contributed by atoms with Crippen molar-refractivity contribution in [1.29, 1.82) is 0 Å². The minimum atomic E-state index is -0.485. The Morgan fingerprint density at radius 2 is 2.33 bits per heavy atom. The number of fused-ring (bicyclic) bond motifs is 1. The third kappa shape index (κ3) is 1.01. The van der Waals surface area contributed by atoms with E-state index in [1.807, 2.05) is 0 Å². The molecular formula is C7H5BrFN3. The molecule has 2 heterocycles. The molecule has 0 fully saturated rings. The molecule has 2 rings (SSSR count). The zero-order chi connectivity index (χ0) is 8.72. The van der Waals surface area contributed by atoms with Gasteiger partial charge in [-0.25, -0.2) is 9.67 Å². The molecule has 0 aliphatic heterocycles. The first-order valence-electron chi connectivity index (χ1n) is 3.32. The molecule has 0 saturated heterocycles. The number of halogens is 2. The van der Waals surface area contributed by atoms with E-state index >= 15 is 0 Å². The first kappa shape index (κ1) is 7.67. The van der Waals surface area contributed by atoms with Crippen LogP contribution in [0, 0.1) is 5.95 Å². The second-order valence-electron chi connectivity index (χ2n) is 2.44. The van der Waals surface area contributed by atoms with Crippen LogP contribution < -0.4 is 0 Å². The molecule has 0 aliphatic carbocycles. The smallest absolute Gasteiger partial charge is 0.242 e. The lowest BCUT2D eigenvalue weighted by molar-refractivity contribution is 0.561. The Labute approximate surface area is 76.3 Å². The molecule has 0 bridgehead atoms. The minimum Gasteiger partial charge on any atom is -0.247 e. The van der Waals surface area contributed by atoms with Crippen LogP contribution in [0.4, 0.5) is 4.39 Å². The van der Waals surface area contributed by atoms with Crippen LogP contribution in [-0.2, 0) is 7.05 Å². The van der Waals surface area contributed by atoms with Crippen LogP contribution in [0.2, 0.25) is 0 Å². The fourth-order valence-corrected chi connectivity index (χ4v) is 1.41. The molecule has 3 nitrogen and oxygen atoms in total. The predicted octanol–water partition coefficient (Wildman–Crippen LogP) is 1.87. The average molecular weight is 230 g/mol. The van der Waals surface area contributed by atoms with Crippen molar-refractivity contribution in [2.24, 2.45) is 7.05 Å². The summed E-state index contributed by atoms with van der Waals surface area (Å²) in [5.74, 6) is -0.485. The fourth-order valence-electron chi connectivity index (χ4n) is 1.07. The van der Waals surface area contributed by atoms with Gasteiger partial charge < -0.3 is 0 Å². The van der Waals surface area contributed by atoms with E-state index in [9.17, 15) is 4.39 Å². The van der Waals surface area contributed by atoms with Gasteiger partial charge in [0.05, 0.1) is 5.39 Å². The molecule has 0 unspecified atom stereocenters.